The maximum absolute atomic E-state index is 14.4. The van der Waals surface area contributed by atoms with E-state index < -0.39 is 11.4 Å². The first-order chi connectivity index (χ1) is 14.8. The molecule has 1 aliphatic heterocycles. The number of primary amides is 1. The standard InChI is InChI=1S/C25H25FN4O/c1-15(2)21-14-22(19-9-10-20(26)18-8-5-4-7-17(18)19)30-24(29-21)25(11-6-12-28-25)16(3)13-23(27)31/h4-12,14-16H,13H2,1-3H3,(H2,27,31). The highest BCUT2D eigenvalue weighted by molar-refractivity contribution is 5.96. The zero-order valence-electron chi connectivity index (χ0n) is 17.8. The maximum atomic E-state index is 14.4. The van der Waals surface area contributed by atoms with E-state index in [1.54, 1.807) is 18.3 Å². The summed E-state index contributed by atoms with van der Waals surface area (Å²) >= 11 is 0. The van der Waals surface area contributed by atoms with Crippen LogP contribution >= 0.6 is 0 Å². The molecule has 158 valence electrons. The van der Waals surface area contributed by atoms with Crippen LogP contribution in [0.3, 0.4) is 0 Å². The summed E-state index contributed by atoms with van der Waals surface area (Å²) in [7, 11) is 0. The van der Waals surface area contributed by atoms with Crippen LogP contribution in [0, 0.1) is 11.7 Å². The lowest BCUT2D eigenvalue weighted by Gasteiger charge is -2.30. The number of fused-ring (bicyclic) bond motifs is 1. The lowest BCUT2D eigenvalue weighted by molar-refractivity contribution is -0.119. The second-order valence-electron chi connectivity index (χ2n) is 8.33. The number of halogens is 1. The highest BCUT2D eigenvalue weighted by Gasteiger charge is 2.40. The zero-order valence-corrected chi connectivity index (χ0v) is 17.8. The van der Waals surface area contributed by atoms with Crippen molar-refractivity contribution in [2.75, 3.05) is 0 Å². The number of aliphatic imine (C=N–C) groups is 1. The van der Waals surface area contributed by atoms with Gasteiger partial charge >= 0.3 is 0 Å². The van der Waals surface area contributed by atoms with Crippen LogP contribution in [0.1, 0.15) is 44.6 Å². The van der Waals surface area contributed by atoms with Gasteiger partial charge in [-0.3, -0.25) is 9.79 Å². The molecule has 1 aromatic heterocycles. The number of nitrogens with zero attached hydrogens (tertiary/aromatic N) is 3. The number of benzene rings is 2. The fourth-order valence-electron chi connectivity index (χ4n) is 4.07. The summed E-state index contributed by atoms with van der Waals surface area (Å²) in [6.45, 7) is 6.05. The Labute approximate surface area is 180 Å². The molecule has 0 radical (unpaired) electrons. The Morgan fingerprint density at radius 2 is 1.84 bits per heavy atom. The van der Waals surface area contributed by atoms with E-state index in [1.807, 2.05) is 43.3 Å². The van der Waals surface area contributed by atoms with Crippen LogP contribution < -0.4 is 5.73 Å². The summed E-state index contributed by atoms with van der Waals surface area (Å²) in [5.74, 6) is -0.231. The lowest BCUT2D eigenvalue weighted by atomic mass is 9.82. The molecule has 5 nitrogen and oxygen atoms in total. The Hall–Kier alpha value is -3.41. The van der Waals surface area contributed by atoms with Gasteiger partial charge in [0, 0.05) is 35.2 Å². The van der Waals surface area contributed by atoms with E-state index in [4.69, 9.17) is 15.7 Å². The number of allylic oxidation sites excluding steroid dienone is 1. The van der Waals surface area contributed by atoms with E-state index in [0.29, 0.717) is 16.9 Å². The molecule has 0 aliphatic carbocycles. The Balaban J connectivity index is 1.95. The van der Waals surface area contributed by atoms with Crippen molar-refractivity contribution >= 4 is 22.9 Å². The predicted molar refractivity (Wildman–Crippen MR) is 121 cm³/mol. The van der Waals surface area contributed by atoms with Crippen LogP contribution in [0.15, 0.2) is 59.6 Å². The largest absolute Gasteiger partial charge is 0.370 e. The van der Waals surface area contributed by atoms with Crippen LogP contribution in [0.25, 0.3) is 22.0 Å². The van der Waals surface area contributed by atoms with Gasteiger partial charge in [0.15, 0.2) is 5.82 Å². The third-order valence-electron chi connectivity index (χ3n) is 5.83. The monoisotopic (exact) mass is 416 g/mol. The lowest BCUT2D eigenvalue weighted by Crippen LogP contribution is -2.34. The van der Waals surface area contributed by atoms with Crippen LogP contribution in [-0.2, 0) is 10.3 Å². The fraction of sp³-hybridized carbons (Fsp3) is 0.280. The number of nitrogens with two attached hydrogens (primary N) is 1. The molecule has 6 heteroatoms. The van der Waals surface area contributed by atoms with E-state index in [-0.39, 0.29) is 24.1 Å². The molecule has 0 bridgehead atoms. The predicted octanol–water partition coefficient (Wildman–Crippen LogP) is 4.91. The topological polar surface area (TPSA) is 81.2 Å². The van der Waals surface area contributed by atoms with Crippen molar-refractivity contribution in [1.82, 2.24) is 9.97 Å². The van der Waals surface area contributed by atoms with Crippen molar-refractivity contribution in [2.45, 2.75) is 38.6 Å². The summed E-state index contributed by atoms with van der Waals surface area (Å²) in [5, 5.41) is 1.33. The number of rotatable bonds is 6. The van der Waals surface area contributed by atoms with Gasteiger partial charge in [-0.25, -0.2) is 14.4 Å². The molecule has 2 unspecified atom stereocenters. The molecule has 2 aromatic carbocycles. The Bertz CT molecular complexity index is 1200. The van der Waals surface area contributed by atoms with E-state index in [0.717, 1.165) is 16.6 Å². The second-order valence-corrected chi connectivity index (χ2v) is 8.33. The summed E-state index contributed by atoms with van der Waals surface area (Å²) in [6.07, 6.45) is 5.63. The summed E-state index contributed by atoms with van der Waals surface area (Å²) in [4.78, 5) is 26.1. The minimum absolute atomic E-state index is 0.144. The molecular formula is C25H25FN4O. The molecule has 1 amide bonds. The number of aromatic nitrogens is 2. The highest BCUT2D eigenvalue weighted by Crippen LogP contribution is 2.39. The van der Waals surface area contributed by atoms with Gasteiger partial charge in [-0.05, 0) is 41.7 Å². The molecule has 31 heavy (non-hydrogen) atoms. The molecule has 2 N–H and O–H groups in total. The average Bonchev–Trinajstić information content (AvgIpc) is 3.25. The zero-order chi connectivity index (χ0) is 22.2. The quantitative estimate of drug-likeness (QED) is 0.620. The van der Waals surface area contributed by atoms with Gasteiger partial charge in [-0.15, -0.1) is 0 Å². The molecule has 4 rings (SSSR count). The number of hydrogen-bond donors (Lipinski definition) is 1. The number of hydrogen-bond acceptors (Lipinski definition) is 4. The number of carbonyl (C=O) groups excluding carboxylic acids is 1. The first kappa shape index (κ1) is 20.8. The first-order valence-electron chi connectivity index (χ1n) is 10.4. The van der Waals surface area contributed by atoms with E-state index in [2.05, 4.69) is 18.8 Å². The fourth-order valence-corrected chi connectivity index (χ4v) is 4.07. The van der Waals surface area contributed by atoms with Gasteiger partial charge in [0.2, 0.25) is 5.91 Å². The van der Waals surface area contributed by atoms with Crippen molar-refractivity contribution in [2.24, 2.45) is 16.6 Å². The normalized spacial score (nSPS) is 18.7. The third-order valence-corrected chi connectivity index (χ3v) is 5.83. The second kappa shape index (κ2) is 8.02. The first-order valence-corrected chi connectivity index (χ1v) is 10.4. The van der Waals surface area contributed by atoms with Gasteiger partial charge < -0.3 is 5.73 Å². The van der Waals surface area contributed by atoms with Gasteiger partial charge in [-0.2, -0.15) is 0 Å². The van der Waals surface area contributed by atoms with Crippen molar-refractivity contribution in [3.8, 4) is 11.3 Å². The van der Waals surface area contributed by atoms with Gasteiger partial charge in [0.1, 0.15) is 11.4 Å². The minimum Gasteiger partial charge on any atom is -0.370 e. The maximum Gasteiger partial charge on any atom is 0.217 e. The minimum atomic E-state index is -0.871. The molecule has 1 aliphatic rings. The van der Waals surface area contributed by atoms with Crippen LogP contribution in [0.2, 0.25) is 0 Å². The van der Waals surface area contributed by atoms with Gasteiger partial charge in [-0.1, -0.05) is 45.0 Å². The average molecular weight is 417 g/mol. The van der Waals surface area contributed by atoms with E-state index >= 15 is 0 Å². The summed E-state index contributed by atoms with van der Waals surface area (Å²) in [5.41, 5.74) is 6.99. The smallest absolute Gasteiger partial charge is 0.217 e. The molecule has 3 aromatic rings. The third kappa shape index (κ3) is 3.74. The van der Waals surface area contributed by atoms with Gasteiger partial charge in [0.05, 0.1) is 5.69 Å². The molecular weight excluding hydrogens is 391 g/mol. The van der Waals surface area contributed by atoms with Crippen LogP contribution in [-0.4, -0.2) is 22.1 Å². The van der Waals surface area contributed by atoms with Gasteiger partial charge in [0.25, 0.3) is 0 Å². The van der Waals surface area contributed by atoms with Crippen molar-refractivity contribution < 1.29 is 9.18 Å². The summed E-state index contributed by atoms with van der Waals surface area (Å²) < 4.78 is 14.4. The molecule has 2 atom stereocenters. The molecule has 0 spiro atoms. The van der Waals surface area contributed by atoms with Crippen molar-refractivity contribution in [3.63, 3.8) is 0 Å². The number of carbonyl (C=O) groups is 1. The van der Waals surface area contributed by atoms with Crippen molar-refractivity contribution in [1.29, 1.82) is 0 Å². The molecule has 0 fully saturated rings. The van der Waals surface area contributed by atoms with Crippen LogP contribution in [0.5, 0.6) is 0 Å². The Morgan fingerprint density at radius 3 is 2.48 bits per heavy atom. The number of amides is 1. The van der Waals surface area contributed by atoms with Crippen LogP contribution in [0.4, 0.5) is 4.39 Å². The Kier molecular flexibility index (Phi) is 5.39. The SMILES string of the molecule is CC(C)c1cc(-c2ccc(F)c3ccccc23)nc(C2(C(C)CC(N)=O)C=CC=N2)n1. The highest BCUT2D eigenvalue weighted by atomic mass is 19.1. The Morgan fingerprint density at radius 1 is 1.10 bits per heavy atom. The van der Waals surface area contributed by atoms with E-state index in [1.165, 1.54) is 6.07 Å². The molecule has 0 saturated heterocycles. The molecule has 2 heterocycles. The van der Waals surface area contributed by atoms with Crippen molar-refractivity contribution in [3.05, 3.63) is 72.0 Å². The summed E-state index contributed by atoms with van der Waals surface area (Å²) in [6, 6.07) is 12.5. The molecule has 0 saturated carbocycles. The van der Waals surface area contributed by atoms with E-state index in [9.17, 15) is 9.18 Å².